The SMILES string of the molecule is C=C(C)c1nc(CCC)n(Cc2ccc(-c3ccccc3-c3nn[nH]n3)cc2)c1C(=O)OCOC(=O)C(C)(C)C. The number of carbonyl (C=O) groups excluding carboxylic acids is 2. The first kappa shape index (κ1) is 28.4. The van der Waals surface area contributed by atoms with Crippen molar-refractivity contribution in [1.82, 2.24) is 30.2 Å². The van der Waals surface area contributed by atoms with Crippen LogP contribution < -0.4 is 0 Å². The van der Waals surface area contributed by atoms with E-state index in [1.54, 1.807) is 27.7 Å². The largest absolute Gasteiger partial charge is 0.427 e. The fourth-order valence-electron chi connectivity index (χ4n) is 4.19. The molecule has 0 spiro atoms. The van der Waals surface area contributed by atoms with Crippen LogP contribution in [0.25, 0.3) is 28.1 Å². The van der Waals surface area contributed by atoms with Gasteiger partial charge < -0.3 is 14.0 Å². The van der Waals surface area contributed by atoms with Crippen LogP contribution in [0.5, 0.6) is 0 Å². The normalized spacial score (nSPS) is 11.3. The van der Waals surface area contributed by atoms with Gasteiger partial charge in [0.15, 0.2) is 5.69 Å². The Bertz CT molecular complexity index is 1500. The second kappa shape index (κ2) is 12.1. The summed E-state index contributed by atoms with van der Waals surface area (Å²) in [6, 6.07) is 15.9. The summed E-state index contributed by atoms with van der Waals surface area (Å²) in [5.74, 6) is 0.193. The minimum absolute atomic E-state index is 0.286. The van der Waals surface area contributed by atoms with Crippen molar-refractivity contribution in [2.24, 2.45) is 5.41 Å². The van der Waals surface area contributed by atoms with Gasteiger partial charge in [0.2, 0.25) is 12.6 Å². The molecule has 4 aromatic rings. The molecular formula is C30H34N6O4. The fourth-order valence-corrected chi connectivity index (χ4v) is 4.19. The fraction of sp³-hybridized carbons (Fsp3) is 0.333. The molecule has 40 heavy (non-hydrogen) atoms. The molecule has 1 N–H and O–H groups in total. The first-order valence-corrected chi connectivity index (χ1v) is 13.1. The van der Waals surface area contributed by atoms with E-state index in [1.165, 1.54) is 0 Å². The van der Waals surface area contributed by atoms with Gasteiger partial charge in [-0.25, -0.2) is 9.78 Å². The number of H-pyrrole nitrogens is 1. The number of hydrogen-bond acceptors (Lipinski definition) is 8. The molecule has 10 heteroatoms. The Morgan fingerprint density at radius 2 is 1.73 bits per heavy atom. The van der Waals surface area contributed by atoms with E-state index >= 15 is 0 Å². The Morgan fingerprint density at radius 1 is 1.02 bits per heavy atom. The van der Waals surface area contributed by atoms with Crippen molar-refractivity contribution in [3.8, 4) is 22.5 Å². The number of aromatic amines is 1. The molecule has 0 aliphatic rings. The van der Waals surface area contributed by atoms with Crippen molar-refractivity contribution in [2.75, 3.05) is 6.79 Å². The number of nitrogens with one attached hydrogen (secondary N) is 1. The number of hydrogen-bond donors (Lipinski definition) is 1. The second-order valence-electron chi connectivity index (χ2n) is 10.6. The van der Waals surface area contributed by atoms with E-state index in [1.807, 2.05) is 53.1 Å². The van der Waals surface area contributed by atoms with E-state index < -0.39 is 24.1 Å². The highest BCUT2D eigenvalue weighted by atomic mass is 16.7. The lowest BCUT2D eigenvalue weighted by Gasteiger charge is -2.17. The van der Waals surface area contributed by atoms with Crippen molar-refractivity contribution < 1.29 is 19.1 Å². The van der Waals surface area contributed by atoms with E-state index in [0.717, 1.165) is 34.5 Å². The monoisotopic (exact) mass is 542 g/mol. The van der Waals surface area contributed by atoms with Crippen LogP contribution in [0.2, 0.25) is 0 Å². The summed E-state index contributed by atoms with van der Waals surface area (Å²) < 4.78 is 12.4. The summed E-state index contributed by atoms with van der Waals surface area (Å²) in [7, 11) is 0. The van der Waals surface area contributed by atoms with Gasteiger partial charge in [-0.05, 0) is 61.6 Å². The van der Waals surface area contributed by atoms with E-state index in [2.05, 4.69) is 34.1 Å². The maximum Gasteiger partial charge on any atom is 0.360 e. The highest BCUT2D eigenvalue weighted by Gasteiger charge is 2.27. The minimum atomic E-state index is -0.705. The van der Waals surface area contributed by atoms with Gasteiger partial charge >= 0.3 is 11.9 Å². The van der Waals surface area contributed by atoms with Crippen LogP contribution in [0.4, 0.5) is 0 Å². The predicted molar refractivity (Wildman–Crippen MR) is 151 cm³/mol. The second-order valence-corrected chi connectivity index (χ2v) is 10.6. The third-order valence-corrected chi connectivity index (χ3v) is 6.23. The zero-order chi connectivity index (χ0) is 28.9. The molecule has 2 aromatic carbocycles. The maximum atomic E-state index is 13.3. The molecule has 0 bridgehead atoms. The summed E-state index contributed by atoms with van der Waals surface area (Å²) in [4.78, 5) is 30.1. The van der Waals surface area contributed by atoms with Crippen LogP contribution >= 0.6 is 0 Å². The number of aryl methyl sites for hydroxylation is 1. The van der Waals surface area contributed by atoms with Crippen LogP contribution in [-0.4, -0.2) is 48.9 Å². The van der Waals surface area contributed by atoms with Crippen molar-refractivity contribution >= 4 is 17.5 Å². The lowest BCUT2D eigenvalue weighted by molar-refractivity contribution is -0.161. The van der Waals surface area contributed by atoms with Crippen molar-refractivity contribution in [2.45, 2.75) is 54.0 Å². The molecule has 0 radical (unpaired) electrons. The van der Waals surface area contributed by atoms with E-state index in [0.29, 0.717) is 30.1 Å². The van der Waals surface area contributed by atoms with Gasteiger partial charge in [-0.3, -0.25) is 4.79 Å². The molecule has 0 amide bonds. The minimum Gasteiger partial charge on any atom is -0.427 e. The number of nitrogens with zero attached hydrogens (tertiary/aromatic N) is 5. The Kier molecular flexibility index (Phi) is 8.57. The summed E-state index contributed by atoms with van der Waals surface area (Å²) in [5, 5.41) is 14.4. The third-order valence-electron chi connectivity index (χ3n) is 6.23. The van der Waals surface area contributed by atoms with Crippen molar-refractivity contribution in [3.05, 3.63) is 77.9 Å². The van der Waals surface area contributed by atoms with Crippen LogP contribution in [0.1, 0.15) is 68.6 Å². The molecule has 2 heterocycles. The number of rotatable bonds is 10. The van der Waals surface area contributed by atoms with Crippen LogP contribution in [0.3, 0.4) is 0 Å². The standard InChI is InChI=1S/C30H34N6O4/c1-7-10-24-31-25(19(2)3)26(28(37)39-18-40-29(38)30(4,5)6)36(24)17-20-13-15-21(16-14-20)22-11-8-9-12-23(22)27-32-34-35-33-27/h8-9,11-16H,2,7,10,17-18H2,1,3-6H3,(H,32,33,34,35). The quantitative estimate of drug-likeness (QED) is 0.207. The first-order chi connectivity index (χ1) is 19.1. The average Bonchev–Trinajstić information content (AvgIpc) is 3.58. The van der Waals surface area contributed by atoms with Crippen LogP contribution in [0.15, 0.2) is 55.1 Å². The highest BCUT2D eigenvalue weighted by Crippen LogP contribution is 2.30. The van der Waals surface area contributed by atoms with Crippen molar-refractivity contribution in [3.63, 3.8) is 0 Å². The molecule has 0 aliphatic heterocycles. The molecule has 0 unspecified atom stereocenters. The summed E-state index contributed by atoms with van der Waals surface area (Å²) >= 11 is 0. The van der Waals surface area contributed by atoms with Gasteiger partial charge in [-0.15, -0.1) is 10.2 Å². The number of esters is 2. The lowest BCUT2D eigenvalue weighted by Crippen LogP contribution is -2.25. The topological polar surface area (TPSA) is 125 Å². The Morgan fingerprint density at radius 3 is 2.33 bits per heavy atom. The molecule has 0 fully saturated rings. The zero-order valence-corrected chi connectivity index (χ0v) is 23.5. The Balaban J connectivity index is 1.62. The number of ether oxygens (including phenoxy) is 2. The van der Waals surface area contributed by atoms with Gasteiger partial charge in [0, 0.05) is 18.5 Å². The molecule has 0 saturated heterocycles. The molecule has 2 aromatic heterocycles. The molecule has 10 nitrogen and oxygen atoms in total. The zero-order valence-electron chi connectivity index (χ0n) is 23.5. The van der Waals surface area contributed by atoms with E-state index in [4.69, 9.17) is 14.5 Å². The summed E-state index contributed by atoms with van der Waals surface area (Å²) in [5.41, 5.74) is 4.50. The Labute approximate surface area is 233 Å². The average molecular weight is 543 g/mol. The number of aromatic nitrogens is 6. The third kappa shape index (κ3) is 6.33. The first-order valence-electron chi connectivity index (χ1n) is 13.1. The van der Waals surface area contributed by atoms with Gasteiger partial charge in [-0.2, -0.15) is 5.21 Å². The number of benzene rings is 2. The smallest absolute Gasteiger partial charge is 0.360 e. The number of allylic oxidation sites excluding steroid dienone is 1. The molecule has 0 atom stereocenters. The van der Waals surface area contributed by atoms with E-state index in [-0.39, 0.29) is 5.69 Å². The van der Waals surface area contributed by atoms with Gasteiger partial charge in [0.25, 0.3) is 0 Å². The van der Waals surface area contributed by atoms with Crippen molar-refractivity contribution in [1.29, 1.82) is 0 Å². The van der Waals surface area contributed by atoms with Gasteiger partial charge in [0.1, 0.15) is 5.82 Å². The molecule has 0 aliphatic carbocycles. The molecule has 208 valence electrons. The Hall–Kier alpha value is -4.60. The lowest BCUT2D eigenvalue weighted by atomic mass is 9.98. The molecule has 0 saturated carbocycles. The van der Waals surface area contributed by atoms with Gasteiger partial charge in [-0.1, -0.05) is 62.0 Å². The molecule has 4 rings (SSSR count). The van der Waals surface area contributed by atoms with E-state index in [9.17, 15) is 9.59 Å². The van der Waals surface area contributed by atoms with Gasteiger partial charge in [0.05, 0.1) is 11.1 Å². The number of imidazole rings is 1. The molecular weight excluding hydrogens is 508 g/mol. The van der Waals surface area contributed by atoms with Crippen LogP contribution in [-0.2, 0) is 27.2 Å². The maximum absolute atomic E-state index is 13.3. The number of tetrazole rings is 1. The number of carbonyl (C=O) groups is 2. The summed E-state index contributed by atoms with van der Waals surface area (Å²) in [6.45, 7) is 13.0. The predicted octanol–water partition coefficient (Wildman–Crippen LogP) is 5.47. The van der Waals surface area contributed by atoms with Crippen LogP contribution in [0, 0.1) is 5.41 Å². The summed E-state index contributed by atoms with van der Waals surface area (Å²) in [6.07, 6.45) is 1.51. The highest BCUT2D eigenvalue weighted by molar-refractivity contribution is 5.93.